The molecule has 1 N–H and O–H groups in total. The molecule has 0 amide bonds. The van der Waals surface area contributed by atoms with Gasteiger partial charge < -0.3 is 5.32 Å². The molecule has 3 nitrogen and oxygen atoms in total. The van der Waals surface area contributed by atoms with E-state index in [1.165, 1.54) is 49.5 Å². The van der Waals surface area contributed by atoms with Crippen LogP contribution in [0.2, 0.25) is 0 Å². The van der Waals surface area contributed by atoms with Gasteiger partial charge in [-0.3, -0.25) is 4.90 Å². The second-order valence-electron chi connectivity index (χ2n) is 5.16. The van der Waals surface area contributed by atoms with Crippen LogP contribution in [-0.4, -0.2) is 29.0 Å². The van der Waals surface area contributed by atoms with Crippen molar-refractivity contribution >= 4 is 11.3 Å². The standard InChI is InChI=1S/C14H25N3S/c1-3-7-17(8-4-2)10-13-11-18-14(16-13)9-15-12-5-6-12/h11-12,15H,3-10H2,1-2H3. The Kier molecular flexibility index (Phi) is 5.60. The smallest absolute Gasteiger partial charge is 0.107 e. The Morgan fingerprint density at radius 3 is 2.67 bits per heavy atom. The largest absolute Gasteiger partial charge is 0.308 e. The molecule has 0 spiro atoms. The molecule has 1 aliphatic carbocycles. The maximum absolute atomic E-state index is 4.73. The third kappa shape index (κ3) is 4.67. The number of hydrogen-bond acceptors (Lipinski definition) is 4. The van der Waals surface area contributed by atoms with E-state index in [2.05, 4.69) is 29.4 Å². The Morgan fingerprint density at radius 2 is 2.06 bits per heavy atom. The highest BCUT2D eigenvalue weighted by atomic mass is 32.1. The van der Waals surface area contributed by atoms with Gasteiger partial charge in [0.1, 0.15) is 5.01 Å². The molecule has 0 unspecified atom stereocenters. The molecule has 1 saturated carbocycles. The van der Waals surface area contributed by atoms with Crippen LogP contribution in [0.25, 0.3) is 0 Å². The summed E-state index contributed by atoms with van der Waals surface area (Å²) in [5, 5.41) is 6.99. The van der Waals surface area contributed by atoms with Crippen LogP contribution in [0.5, 0.6) is 0 Å². The number of nitrogens with one attached hydrogen (secondary N) is 1. The average Bonchev–Trinajstić information content (AvgIpc) is 3.08. The van der Waals surface area contributed by atoms with Crippen LogP contribution < -0.4 is 5.32 Å². The first-order chi connectivity index (χ1) is 8.81. The van der Waals surface area contributed by atoms with Gasteiger partial charge in [0.2, 0.25) is 0 Å². The highest BCUT2D eigenvalue weighted by Crippen LogP contribution is 2.20. The minimum absolute atomic E-state index is 0.772. The van der Waals surface area contributed by atoms with Gasteiger partial charge >= 0.3 is 0 Å². The van der Waals surface area contributed by atoms with Crippen molar-refractivity contribution in [2.45, 2.75) is 58.7 Å². The van der Waals surface area contributed by atoms with E-state index in [0.29, 0.717) is 0 Å². The summed E-state index contributed by atoms with van der Waals surface area (Å²) in [6.07, 6.45) is 5.14. The second kappa shape index (κ2) is 7.22. The van der Waals surface area contributed by atoms with Gasteiger partial charge in [0.05, 0.1) is 5.69 Å². The lowest BCUT2D eigenvalue weighted by Gasteiger charge is -2.19. The lowest BCUT2D eigenvalue weighted by Crippen LogP contribution is -2.25. The van der Waals surface area contributed by atoms with Crippen LogP contribution in [0.15, 0.2) is 5.38 Å². The summed E-state index contributed by atoms with van der Waals surface area (Å²) in [4.78, 5) is 7.24. The third-order valence-electron chi connectivity index (χ3n) is 3.18. The maximum Gasteiger partial charge on any atom is 0.107 e. The van der Waals surface area contributed by atoms with Crippen molar-refractivity contribution in [1.82, 2.24) is 15.2 Å². The van der Waals surface area contributed by atoms with E-state index in [1.54, 1.807) is 11.3 Å². The van der Waals surface area contributed by atoms with Gasteiger partial charge in [-0.25, -0.2) is 4.98 Å². The molecule has 0 atom stereocenters. The number of rotatable bonds is 9. The zero-order valence-electron chi connectivity index (χ0n) is 11.6. The summed E-state index contributed by atoms with van der Waals surface area (Å²) in [5.41, 5.74) is 1.24. The molecule has 2 rings (SSSR count). The first-order valence-corrected chi connectivity index (χ1v) is 8.08. The van der Waals surface area contributed by atoms with Gasteiger partial charge in [0.25, 0.3) is 0 Å². The van der Waals surface area contributed by atoms with Crippen LogP contribution in [0, 0.1) is 0 Å². The Bertz CT molecular complexity index is 341. The summed E-state index contributed by atoms with van der Waals surface area (Å²) in [6, 6.07) is 0.772. The number of nitrogens with zero attached hydrogens (tertiary/aromatic N) is 2. The minimum atomic E-state index is 0.772. The molecule has 0 bridgehead atoms. The molecule has 0 radical (unpaired) electrons. The molecular weight excluding hydrogens is 242 g/mol. The van der Waals surface area contributed by atoms with Crippen molar-refractivity contribution in [2.75, 3.05) is 13.1 Å². The summed E-state index contributed by atoms with van der Waals surface area (Å²) in [5.74, 6) is 0. The molecule has 1 heterocycles. The van der Waals surface area contributed by atoms with Crippen LogP contribution in [0.4, 0.5) is 0 Å². The van der Waals surface area contributed by atoms with Crippen LogP contribution in [0.1, 0.15) is 50.2 Å². The topological polar surface area (TPSA) is 28.2 Å². The molecule has 102 valence electrons. The van der Waals surface area contributed by atoms with Gasteiger partial charge in [-0.15, -0.1) is 11.3 Å². The zero-order chi connectivity index (χ0) is 12.8. The summed E-state index contributed by atoms with van der Waals surface area (Å²) in [6.45, 7) is 8.82. The highest BCUT2D eigenvalue weighted by molar-refractivity contribution is 7.09. The van der Waals surface area contributed by atoms with E-state index >= 15 is 0 Å². The Morgan fingerprint density at radius 1 is 1.33 bits per heavy atom. The van der Waals surface area contributed by atoms with Gasteiger partial charge in [0, 0.05) is 24.5 Å². The quantitative estimate of drug-likeness (QED) is 0.745. The summed E-state index contributed by atoms with van der Waals surface area (Å²) in [7, 11) is 0. The molecule has 1 aromatic rings. The Hall–Kier alpha value is -0.450. The number of hydrogen-bond donors (Lipinski definition) is 1. The van der Waals surface area contributed by atoms with Crippen molar-refractivity contribution in [3.63, 3.8) is 0 Å². The fourth-order valence-corrected chi connectivity index (χ4v) is 2.89. The van der Waals surface area contributed by atoms with Crippen LogP contribution in [-0.2, 0) is 13.1 Å². The predicted octanol–water partition coefficient (Wildman–Crippen LogP) is 3.02. The molecule has 1 fully saturated rings. The van der Waals surface area contributed by atoms with E-state index in [-0.39, 0.29) is 0 Å². The van der Waals surface area contributed by atoms with Gasteiger partial charge in [-0.05, 0) is 38.8 Å². The molecule has 4 heteroatoms. The number of aromatic nitrogens is 1. The SMILES string of the molecule is CCCN(CCC)Cc1csc(CNC2CC2)n1. The van der Waals surface area contributed by atoms with E-state index in [0.717, 1.165) is 19.1 Å². The third-order valence-corrected chi connectivity index (χ3v) is 4.08. The van der Waals surface area contributed by atoms with Crippen molar-refractivity contribution < 1.29 is 0 Å². The summed E-state index contributed by atoms with van der Waals surface area (Å²) >= 11 is 1.80. The Labute approximate surface area is 115 Å². The zero-order valence-corrected chi connectivity index (χ0v) is 12.4. The highest BCUT2D eigenvalue weighted by Gasteiger charge is 2.20. The average molecular weight is 267 g/mol. The fourth-order valence-electron chi connectivity index (χ4n) is 2.15. The fraction of sp³-hybridized carbons (Fsp3) is 0.786. The van der Waals surface area contributed by atoms with Crippen molar-refractivity contribution in [3.8, 4) is 0 Å². The van der Waals surface area contributed by atoms with Gasteiger partial charge in [0.15, 0.2) is 0 Å². The molecule has 0 aliphatic heterocycles. The van der Waals surface area contributed by atoms with Gasteiger partial charge in [-0.2, -0.15) is 0 Å². The molecule has 0 aromatic carbocycles. The predicted molar refractivity (Wildman–Crippen MR) is 77.8 cm³/mol. The number of thiazole rings is 1. The molecular formula is C14H25N3S. The van der Waals surface area contributed by atoms with Crippen LogP contribution >= 0.6 is 11.3 Å². The molecule has 1 aromatic heterocycles. The van der Waals surface area contributed by atoms with Crippen molar-refractivity contribution in [1.29, 1.82) is 0 Å². The second-order valence-corrected chi connectivity index (χ2v) is 6.11. The monoisotopic (exact) mass is 267 g/mol. The Balaban J connectivity index is 1.79. The molecule has 18 heavy (non-hydrogen) atoms. The minimum Gasteiger partial charge on any atom is -0.308 e. The van der Waals surface area contributed by atoms with Crippen molar-refractivity contribution in [3.05, 3.63) is 16.1 Å². The maximum atomic E-state index is 4.73. The van der Waals surface area contributed by atoms with E-state index in [4.69, 9.17) is 4.98 Å². The van der Waals surface area contributed by atoms with E-state index < -0.39 is 0 Å². The molecule has 0 saturated heterocycles. The lowest BCUT2D eigenvalue weighted by molar-refractivity contribution is 0.264. The van der Waals surface area contributed by atoms with Crippen molar-refractivity contribution in [2.24, 2.45) is 0 Å². The van der Waals surface area contributed by atoms with E-state index in [9.17, 15) is 0 Å². The van der Waals surface area contributed by atoms with Crippen LogP contribution in [0.3, 0.4) is 0 Å². The van der Waals surface area contributed by atoms with Gasteiger partial charge in [-0.1, -0.05) is 13.8 Å². The summed E-state index contributed by atoms with van der Waals surface area (Å²) < 4.78 is 0. The lowest BCUT2D eigenvalue weighted by atomic mass is 10.3. The van der Waals surface area contributed by atoms with E-state index in [1.807, 2.05) is 0 Å². The molecule has 1 aliphatic rings. The first kappa shape index (κ1) is 14.0. The normalized spacial score (nSPS) is 15.5. The first-order valence-electron chi connectivity index (χ1n) is 7.20.